The Labute approximate surface area is 159 Å². The molecule has 0 radical (unpaired) electrons. The zero-order chi connectivity index (χ0) is 18.5. The Hall–Kier alpha value is -1.85. The summed E-state index contributed by atoms with van der Waals surface area (Å²) in [4.78, 5) is 18.3. The van der Waals surface area contributed by atoms with Crippen molar-refractivity contribution in [2.75, 3.05) is 13.1 Å². The van der Waals surface area contributed by atoms with Gasteiger partial charge in [0.2, 0.25) is 11.8 Å². The minimum Gasteiger partial charge on any atom is -0.441 e. The van der Waals surface area contributed by atoms with Gasteiger partial charge in [-0.1, -0.05) is 30.2 Å². The zero-order valence-corrected chi connectivity index (χ0v) is 16.2. The smallest absolute Gasteiger partial charge is 0.228 e. The summed E-state index contributed by atoms with van der Waals surface area (Å²) in [7, 11) is 0. The van der Waals surface area contributed by atoms with Gasteiger partial charge in [-0.15, -0.1) is 0 Å². The highest BCUT2D eigenvalue weighted by molar-refractivity contribution is 6.33. The predicted octanol–water partition coefficient (Wildman–Crippen LogP) is 4.18. The number of benzene rings is 1. The third kappa shape index (κ3) is 4.65. The Morgan fingerprint density at radius 3 is 2.96 bits per heavy atom. The van der Waals surface area contributed by atoms with E-state index in [1.165, 1.54) is 12.8 Å². The topological polar surface area (TPSA) is 58.4 Å². The molecule has 1 aromatic heterocycles. The Balaban J connectivity index is 1.70. The molecule has 2 heterocycles. The molecule has 1 aliphatic rings. The minimum absolute atomic E-state index is 0.0316. The summed E-state index contributed by atoms with van der Waals surface area (Å²) in [6, 6.07) is 8.07. The molecule has 1 amide bonds. The van der Waals surface area contributed by atoms with Gasteiger partial charge in [-0.2, -0.15) is 0 Å². The van der Waals surface area contributed by atoms with Crippen molar-refractivity contribution in [3.63, 3.8) is 0 Å². The van der Waals surface area contributed by atoms with Crippen LogP contribution < -0.4 is 5.32 Å². The first kappa shape index (κ1) is 18.9. The van der Waals surface area contributed by atoms with E-state index in [1.54, 1.807) is 6.92 Å². The first-order chi connectivity index (χ1) is 12.5. The highest BCUT2D eigenvalue weighted by atomic mass is 35.5. The average molecular weight is 376 g/mol. The van der Waals surface area contributed by atoms with E-state index >= 15 is 0 Å². The van der Waals surface area contributed by atoms with Crippen molar-refractivity contribution < 1.29 is 9.21 Å². The van der Waals surface area contributed by atoms with Crippen molar-refractivity contribution in [2.24, 2.45) is 0 Å². The average Bonchev–Trinajstić information content (AvgIpc) is 2.97. The number of oxazole rings is 1. The van der Waals surface area contributed by atoms with Gasteiger partial charge in [0, 0.05) is 26.1 Å². The van der Waals surface area contributed by atoms with Gasteiger partial charge in [-0.3, -0.25) is 9.69 Å². The molecule has 6 heteroatoms. The normalized spacial score (nSPS) is 18.0. The standard InChI is InChI=1S/C20H26ClN3O2/c1-14-19(23-20(26-14)17-8-3-4-9-18(17)21)13-24-12-6-5-7-16(24)10-11-22-15(2)25/h3-4,8-9,16H,5-7,10-13H2,1-2H3,(H,22,25). The lowest BCUT2D eigenvalue weighted by Gasteiger charge is -2.35. The lowest BCUT2D eigenvalue weighted by molar-refractivity contribution is -0.119. The summed E-state index contributed by atoms with van der Waals surface area (Å²) >= 11 is 6.27. The van der Waals surface area contributed by atoms with Crippen LogP contribution in [0.1, 0.15) is 44.1 Å². The van der Waals surface area contributed by atoms with Crippen LogP contribution in [0.2, 0.25) is 5.02 Å². The maximum atomic E-state index is 11.1. The number of hydrogen-bond acceptors (Lipinski definition) is 4. The summed E-state index contributed by atoms with van der Waals surface area (Å²) in [6.45, 7) is 6.06. The third-order valence-electron chi connectivity index (χ3n) is 4.95. The fourth-order valence-electron chi connectivity index (χ4n) is 3.53. The van der Waals surface area contributed by atoms with Gasteiger partial charge in [0.15, 0.2) is 0 Å². The van der Waals surface area contributed by atoms with Crippen molar-refractivity contribution in [1.82, 2.24) is 15.2 Å². The van der Waals surface area contributed by atoms with Crippen molar-refractivity contribution in [2.45, 2.75) is 52.1 Å². The molecule has 3 rings (SSSR count). The minimum atomic E-state index is 0.0316. The Kier molecular flexibility index (Phi) is 6.33. The van der Waals surface area contributed by atoms with Crippen LogP contribution in [0, 0.1) is 6.92 Å². The second kappa shape index (κ2) is 8.69. The van der Waals surface area contributed by atoms with E-state index in [0.717, 1.165) is 49.5 Å². The highest BCUT2D eigenvalue weighted by Gasteiger charge is 2.24. The Morgan fingerprint density at radius 2 is 2.19 bits per heavy atom. The van der Waals surface area contributed by atoms with Crippen LogP contribution in [0.15, 0.2) is 28.7 Å². The monoisotopic (exact) mass is 375 g/mol. The first-order valence-corrected chi connectivity index (χ1v) is 9.62. The van der Waals surface area contributed by atoms with Gasteiger partial charge in [-0.05, 0) is 44.9 Å². The van der Waals surface area contributed by atoms with Crippen molar-refractivity contribution in [3.8, 4) is 11.5 Å². The molecule has 1 saturated heterocycles. The summed E-state index contributed by atoms with van der Waals surface area (Å²) < 4.78 is 5.89. The Morgan fingerprint density at radius 1 is 1.38 bits per heavy atom. The fraction of sp³-hybridized carbons (Fsp3) is 0.500. The van der Waals surface area contributed by atoms with Crippen LogP contribution in [0.4, 0.5) is 0 Å². The Bertz CT molecular complexity index is 759. The second-order valence-corrected chi connectivity index (χ2v) is 7.30. The zero-order valence-electron chi connectivity index (χ0n) is 15.4. The van der Waals surface area contributed by atoms with E-state index in [-0.39, 0.29) is 5.91 Å². The molecule has 2 aromatic rings. The number of halogens is 1. The number of nitrogens with zero attached hydrogens (tertiary/aromatic N) is 2. The molecule has 140 valence electrons. The summed E-state index contributed by atoms with van der Waals surface area (Å²) in [6.07, 6.45) is 4.57. The molecule has 1 fully saturated rings. The highest BCUT2D eigenvalue weighted by Crippen LogP contribution is 2.30. The van der Waals surface area contributed by atoms with Gasteiger partial charge in [0.1, 0.15) is 5.76 Å². The number of carbonyl (C=O) groups excluding carboxylic acids is 1. The summed E-state index contributed by atoms with van der Waals surface area (Å²) in [5.41, 5.74) is 1.79. The van der Waals surface area contributed by atoms with Gasteiger partial charge >= 0.3 is 0 Å². The van der Waals surface area contributed by atoms with Crippen LogP contribution in [0.25, 0.3) is 11.5 Å². The number of piperidine rings is 1. The van der Waals surface area contributed by atoms with Crippen LogP contribution in [-0.2, 0) is 11.3 Å². The molecule has 1 unspecified atom stereocenters. The molecule has 26 heavy (non-hydrogen) atoms. The molecule has 5 nitrogen and oxygen atoms in total. The molecular formula is C20H26ClN3O2. The molecule has 1 aliphatic heterocycles. The molecule has 1 atom stereocenters. The molecule has 0 spiro atoms. The number of aryl methyl sites for hydroxylation is 1. The van der Waals surface area contributed by atoms with Crippen LogP contribution in [0.3, 0.4) is 0 Å². The maximum Gasteiger partial charge on any atom is 0.228 e. The van der Waals surface area contributed by atoms with Gasteiger partial charge in [0.05, 0.1) is 16.3 Å². The van der Waals surface area contributed by atoms with E-state index in [2.05, 4.69) is 10.2 Å². The molecule has 1 aromatic carbocycles. The van der Waals surface area contributed by atoms with Crippen LogP contribution >= 0.6 is 11.6 Å². The largest absolute Gasteiger partial charge is 0.441 e. The lowest BCUT2D eigenvalue weighted by Crippen LogP contribution is -2.41. The third-order valence-corrected chi connectivity index (χ3v) is 5.28. The first-order valence-electron chi connectivity index (χ1n) is 9.24. The van der Waals surface area contributed by atoms with Gasteiger partial charge in [-0.25, -0.2) is 4.98 Å². The number of amides is 1. The van der Waals surface area contributed by atoms with Gasteiger partial charge in [0.25, 0.3) is 0 Å². The number of carbonyl (C=O) groups is 1. The predicted molar refractivity (Wildman–Crippen MR) is 103 cm³/mol. The number of nitrogens with one attached hydrogen (secondary N) is 1. The van der Waals surface area contributed by atoms with E-state index in [0.29, 0.717) is 17.0 Å². The lowest BCUT2D eigenvalue weighted by atomic mass is 9.99. The summed E-state index contributed by atoms with van der Waals surface area (Å²) in [5.74, 6) is 1.45. The van der Waals surface area contributed by atoms with Crippen LogP contribution in [-0.4, -0.2) is 34.9 Å². The SMILES string of the molecule is CC(=O)NCCC1CCCCN1Cc1nc(-c2ccccc2Cl)oc1C. The van der Waals surface area contributed by atoms with Gasteiger partial charge < -0.3 is 9.73 Å². The molecule has 0 saturated carbocycles. The maximum absolute atomic E-state index is 11.1. The molecule has 0 aliphatic carbocycles. The van der Waals surface area contributed by atoms with E-state index in [1.807, 2.05) is 31.2 Å². The molecule has 0 bridgehead atoms. The van der Waals surface area contributed by atoms with Crippen molar-refractivity contribution in [3.05, 3.63) is 40.7 Å². The number of hydrogen-bond donors (Lipinski definition) is 1. The van der Waals surface area contributed by atoms with Crippen LogP contribution in [0.5, 0.6) is 0 Å². The van der Waals surface area contributed by atoms with E-state index in [9.17, 15) is 4.79 Å². The van der Waals surface area contributed by atoms with E-state index in [4.69, 9.17) is 21.0 Å². The quantitative estimate of drug-likeness (QED) is 0.822. The molecular weight excluding hydrogens is 350 g/mol. The fourth-order valence-corrected chi connectivity index (χ4v) is 3.74. The van der Waals surface area contributed by atoms with Crippen molar-refractivity contribution in [1.29, 1.82) is 0 Å². The number of rotatable bonds is 6. The second-order valence-electron chi connectivity index (χ2n) is 6.89. The molecule has 1 N–H and O–H groups in total. The number of aromatic nitrogens is 1. The summed E-state index contributed by atoms with van der Waals surface area (Å²) in [5, 5.41) is 3.55. The number of likely N-dealkylation sites (tertiary alicyclic amines) is 1. The van der Waals surface area contributed by atoms with E-state index < -0.39 is 0 Å². The van der Waals surface area contributed by atoms with Crippen molar-refractivity contribution >= 4 is 17.5 Å².